The third-order valence-corrected chi connectivity index (χ3v) is 2.02. The fraction of sp³-hybridized carbons (Fsp3) is 0.500. The van der Waals surface area contributed by atoms with E-state index in [1.165, 1.54) is 6.20 Å². The van der Waals surface area contributed by atoms with Crippen LogP contribution in [0.2, 0.25) is 0 Å². The van der Waals surface area contributed by atoms with Crippen LogP contribution in [0.3, 0.4) is 0 Å². The number of anilines is 1. The quantitative estimate of drug-likeness (QED) is 0.724. The number of carbonyl (C=O) groups is 1. The fourth-order valence-electron chi connectivity index (χ4n) is 1.15. The van der Waals surface area contributed by atoms with Crippen molar-refractivity contribution in [1.29, 1.82) is 0 Å². The first-order chi connectivity index (χ1) is 7.32. The molecule has 0 fully saturated rings. The molecule has 1 aromatic rings. The van der Waals surface area contributed by atoms with Gasteiger partial charge in [0.1, 0.15) is 0 Å². The Morgan fingerprint density at radius 3 is 2.75 bits per heavy atom. The molecule has 0 aliphatic carbocycles. The summed E-state index contributed by atoms with van der Waals surface area (Å²) in [5.41, 5.74) is 6.36. The van der Waals surface area contributed by atoms with Crippen LogP contribution in [-0.2, 0) is 4.79 Å². The number of hydrogen-bond donors (Lipinski definition) is 3. The molecular weight excluding hydrogens is 225 g/mol. The SMILES string of the molecule is C[C@H](CNC(=O)C(F)(F)F)c1[nH]ncc1N. The van der Waals surface area contributed by atoms with Crippen LogP contribution in [0.15, 0.2) is 6.20 Å². The molecule has 0 radical (unpaired) electrons. The summed E-state index contributed by atoms with van der Waals surface area (Å²) < 4.78 is 35.6. The van der Waals surface area contributed by atoms with Gasteiger partial charge in [-0.2, -0.15) is 18.3 Å². The van der Waals surface area contributed by atoms with Gasteiger partial charge in [-0.15, -0.1) is 0 Å². The first-order valence-electron chi connectivity index (χ1n) is 4.46. The molecule has 1 aromatic heterocycles. The minimum atomic E-state index is -4.86. The number of nitrogens with zero attached hydrogens (tertiary/aromatic N) is 1. The Kier molecular flexibility index (Phi) is 3.41. The predicted molar refractivity (Wildman–Crippen MR) is 50.5 cm³/mol. The predicted octanol–water partition coefficient (Wildman–Crippen LogP) is 0.774. The second-order valence-electron chi connectivity index (χ2n) is 3.35. The van der Waals surface area contributed by atoms with Gasteiger partial charge in [0.25, 0.3) is 0 Å². The van der Waals surface area contributed by atoms with Gasteiger partial charge in [-0.3, -0.25) is 9.89 Å². The van der Waals surface area contributed by atoms with Crippen LogP contribution in [0.25, 0.3) is 0 Å². The van der Waals surface area contributed by atoms with Gasteiger partial charge in [0, 0.05) is 12.5 Å². The highest BCUT2D eigenvalue weighted by Gasteiger charge is 2.38. The van der Waals surface area contributed by atoms with E-state index < -0.39 is 12.1 Å². The molecular formula is C8H11F3N4O. The molecule has 0 saturated heterocycles. The summed E-state index contributed by atoms with van der Waals surface area (Å²) >= 11 is 0. The van der Waals surface area contributed by atoms with Crippen molar-refractivity contribution in [3.8, 4) is 0 Å². The number of nitrogen functional groups attached to an aromatic ring is 1. The molecule has 0 bridgehead atoms. The zero-order valence-corrected chi connectivity index (χ0v) is 8.43. The lowest BCUT2D eigenvalue weighted by Crippen LogP contribution is -2.38. The van der Waals surface area contributed by atoms with E-state index in [-0.39, 0.29) is 12.5 Å². The fourth-order valence-corrected chi connectivity index (χ4v) is 1.15. The Labute approximate surface area is 89.2 Å². The first-order valence-corrected chi connectivity index (χ1v) is 4.46. The van der Waals surface area contributed by atoms with Crippen LogP contribution in [0, 0.1) is 0 Å². The summed E-state index contributed by atoms with van der Waals surface area (Å²) in [5.74, 6) is -2.33. The van der Waals surface area contributed by atoms with Crippen LogP contribution in [0.5, 0.6) is 0 Å². The maximum atomic E-state index is 11.9. The monoisotopic (exact) mass is 236 g/mol. The number of aromatic nitrogens is 2. The molecule has 0 unspecified atom stereocenters. The average molecular weight is 236 g/mol. The van der Waals surface area contributed by atoms with Crippen molar-refractivity contribution in [2.45, 2.75) is 19.0 Å². The number of rotatable bonds is 3. The molecule has 1 amide bonds. The minimum Gasteiger partial charge on any atom is -0.396 e. The van der Waals surface area contributed by atoms with Crippen LogP contribution in [0.4, 0.5) is 18.9 Å². The number of nitrogens with two attached hydrogens (primary N) is 1. The molecule has 4 N–H and O–H groups in total. The Balaban J connectivity index is 2.51. The van der Waals surface area contributed by atoms with Crippen LogP contribution in [0.1, 0.15) is 18.5 Å². The second kappa shape index (κ2) is 4.42. The molecule has 0 spiro atoms. The molecule has 0 aliphatic heterocycles. The van der Waals surface area contributed by atoms with Crippen LogP contribution < -0.4 is 11.1 Å². The topological polar surface area (TPSA) is 83.8 Å². The highest BCUT2D eigenvalue weighted by molar-refractivity contribution is 5.81. The van der Waals surface area contributed by atoms with E-state index in [1.54, 1.807) is 12.2 Å². The molecule has 1 heterocycles. The zero-order chi connectivity index (χ0) is 12.3. The maximum Gasteiger partial charge on any atom is 0.471 e. The largest absolute Gasteiger partial charge is 0.471 e. The number of halogens is 3. The van der Waals surface area contributed by atoms with Crippen molar-refractivity contribution >= 4 is 11.6 Å². The lowest BCUT2D eigenvalue weighted by Gasteiger charge is -2.12. The summed E-state index contributed by atoms with van der Waals surface area (Å²) in [6.45, 7) is 1.46. The van der Waals surface area contributed by atoms with Gasteiger partial charge in [-0.05, 0) is 0 Å². The van der Waals surface area contributed by atoms with E-state index in [9.17, 15) is 18.0 Å². The number of hydrogen-bond acceptors (Lipinski definition) is 3. The molecule has 8 heteroatoms. The van der Waals surface area contributed by atoms with Crippen molar-refractivity contribution < 1.29 is 18.0 Å². The van der Waals surface area contributed by atoms with E-state index in [0.29, 0.717) is 11.4 Å². The Morgan fingerprint density at radius 1 is 1.69 bits per heavy atom. The Morgan fingerprint density at radius 2 is 2.31 bits per heavy atom. The third kappa shape index (κ3) is 2.88. The molecule has 1 rings (SSSR count). The van der Waals surface area contributed by atoms with Crippen molar-refractivity contribution in [2.75, 3.05) is 12.3 Å². The van der Waals surface area contributed by atoms with Crippen molar-refractivity contribution in [1.82, 2.24) is 15.5 Å². The Bertz CT molecular complexity index is 374. The lowest BCUT2D eigenvalue weighted by atomic mass is 10.1. The van der Waals surface area contributed by atoms with Gasteiger partial charge >= 0.3 is 12.1 Å². The number of carbonyl (C=O) groups excluding carboxylic acids is 1. The summed E-state index contributed by atoms with van der Waals surface area (Å²) in [6.07, 6.45) is -3.50. The number of amides is 1. The highest BCUT2D eigenvalue weighted by Crippen LogP contribution is 2.19. The first kappa shape index (κ1) is 12.3. The van der Waals surface area contributed by atoms with E-state index in [4.69, 9.17) is 5.73 Å². The summed E-state index contributed by atoms with van der Waals surface area (Å²) in [6, 6.07) is 0. The van der Waals surface area contributed by atoms with Gasteiger partial charge in [-0.25, -0.2) is 0 Å². The standard InChI is InChI=1S/C8H11F3N4O/c1-4(6-5(12)3-14-15-6)2-13-7(16)8(9,10)11/h3-4H,2,12H2,1H3,(H,13,16)(H,14,15)/t4-/m1/s1. The number of alkyl halides is 3. The molecule has 90 valence electrons. The van der Waals surface area contributed by atoms with E-state index >= 15 is 0 Å². The van der Waals surface area contributed by atoms with Crippen molar-refractivity contribution in [3.05, 3.63) is 11.9 Å². The number of nitrogens with one attached hydrogen (secondary N) is 2. The van der Waals surface area contributed by atoms with Gasteiger partial charge in [0.15, 0.2) is 0 Å². The second-order valence-corrected chi connectivity index (χ2v) is 3.35. The maximum absolute atomic E-state index is 11.9. The number of aromatic amines is 1. The molecule has 0 aliphatic rings. The minimum absolute atomic E-state index is 0.162. The molecule has 1 atom stereocenters. The third-order valence-electron chi connectivity index (χ3n) is 2.02. The van der Waals surface area contributed by atoms with Crippen molar-refractivity contribution in [2.24, 2.45) is 0 Å². The summed E-state index contributed by atoms with van der Waals surface area (Å²) in [5, 5.41) is 7.96. The smallest absolute Gasteiger partial charge is 0.396 e. The van der Waals surface area contributed by atoms with Crippen LogP contribution >= 0.6 is 0 Å². The van der Waals surface area contributed by atoms with Gasteiger partial charge < -0.3 is 11.1 Å². The van der Waals surface area contributed by atoms with E-state index in [2.05, 4.69) is 10.2 Å². The van der Waals surface area contributed by atoms with Gasteiger partial charge in [0.05, 0.1) is 17.6 Å². The Hall–Kier alpha value is -1.73. The normalized spacial score (nSPS) is 13.5. The van der Waals surface area contributed by atoms with E-state index in [1.807, 2.05) is 0 Å². The van der Waals surface area contributed by atoms with E-state index in [0.717, 1.165) is 0 Å². The van der Waals surface area contributed by atoms with Gasteiger partial charge in [0.2, 0.25) is 0 Å². The molecule has 0 aromatic carbocycles. The van der Waals surface area contributed by atoms with Gasteiger partial charge in [-0.1, -0.05) is 6.92 Å². The zero-order valence-electron chi connectivity index (χ0n) is 8.43. The summed E-state index contributed by atoms with van der Waals surface area (Å²) in [7, 11) is 0. The lowest BCUT2D eigenvalue weighted by molar-refractivity contribution is -0.173. The number of H-pyrrole nitrogens is 1. The molecule has 5 nitrogen and oxygen atoms in total. The summed E-state index contributed by atoms with van der Waals surface area (Å²) in [4.78, 5) is 10.5. The van der Waals surface area contributed by atoms with Crippen LogP contribution in [-0.4, -0.2) is 28.8 Å². The molecule has 0 saturated carbocycles. The molecule has 16 heavy (non-hydrogen) atoms. The average Bonchev–Trinajstić information content (AvgIpc) is 2.58. The highest BCUT2D eigenvalue weighted by atomic mass is 19.4. The van der Waals surface area contributed by atoms with Crippen molar-refractivity contribution in [3.63, 3.8) is 0 Å².